The molecule has 14 nitrogen and oxygen atoms in total. The van der Waals surface area contributed by atoms with E-state index >= 15 is 0 Å². The molecule has 2 fully saturated rings. The minimum atomic E-state index is -2.34. The van der Waals surface area contributed by atoms with Crippen LogP contribution >= 0.6 is 0 Å². The van der Waals surface area contributed by atoms with E-state index in [-0.39, 0.29) is 5.56 Å². The first kappa shape index (κ1) is 26.5. The molecule has 1 aromatic rings. The van der Waals surface area contributed by atoms with Gasteiger partial charge in [0.2, 0.25) is 6.29 Å². The predicted molar refractivity (Wildman–Crippen MR) is 113 cm³/mol. The van der Waals surface area contributed by atoms with E-state index in [1.807, 2.05) is 0 Å². The average Bonchev–Trinajstić information content (AvgIpc) is 3.08. The zero-order valence-electron chi connectivity index (χ0n) is 18.6. The van der Waals surface area contributed by atoms with Gasteiger partial charge in [0, 0.05) is 5.92 Å². The Balaban J connectivity index is 1.57. The Labute approximate surface area is 203 Å². The van der Waals surface area contributed by atoms with E-state index in [2.05, 4.69) is 0 Å². The Morgan fingerprint density at radius 1 is 1.00 bits per heavy atom. The Kier molecular flexibility index (Phi) is 7.43. The summed E-state index contributed by atoms with van der Waals surface area (Å²) < 4.78 is 21.7. The second-order valence-electron chi connectivity index (χ2n) is 8.94. The van der Waals surface area contributed by atoms with Gasteiger partial charge in [-0.15, -0.1) is 0 Å². The van der Waals surface area contributed by atoms with Gasteiger partial charge in [-0.05, 0) is 24.3 Å². The number of fused-ring (bicyclic) bond motifs is 1. The Bertz CT molecular complexity index is 983. The summed E-state index contributed by atoms with van der Waals surface area (Å²) in [7, 11) is 0. The zero-order valence-corrected chi connectivity index (χ0v) is 18.6. The fraction of sp³-hybridized carbons (Fsp3) is 0.591. The molecule has 1 saturated carbocycles. The number of aromatic hydroxyl groups is 2. The number of hydrogen-bond donors (Lipinski definition) is 9. The summed E-state index contributed by atoms with van der Waals surface area (Å²) in [5, 5.41) is 90.7. The maximum Gasteiger partial charge on any atom is 0.338 e. The lowest BCUT2D eigenvalue weighted by atomic mass is 9.83. The molecule has 36 heavy (non-hydrogen) atoms. The van der Waals surface area contributed by atoms with Gasteiger partial charge in [-0.1, -0.05) is 0 Å². The Hall–Kier alpha value is -2.53. The Morgan fingerprint density at radius 3 is 2.36 bits per heavy atom. The third-order valence-electron chi connectivity index (χ3n) is 6.83. The van der Waals surface area contributed by atoms with Crippen LogP contribution in [0.25, 0.3) is 0 Å². The molecule has 1 saturated heterocycles. The minimum absolute atomic E-state index is 0.168. The van der Waals surface area contributed by atoms with E-state index in [0.29, 0.717) is 0 Å². The quantitative estimate of drug-likeness (QED) is 0.133. The lowest BCUT2D eigenvalue weighted by Gasteiger charge is -2.43. The average molecular weight is 516 g/mol. The molecule has 0 spiro atoms. The number of aliphatic hydroxyl groups excluding tert-OH is 6. The van der Waals surface area contributed by atoms with Crippen LogP contribution in [-0.4, -0.2) is 120 Å². The molecule has 11 unspecified atom stereocenters. The maximum atomic E-state index is 12.7. The van der Waals surface area contributed by atoms with Crippen molar-refractivity contribution in [1.82, 2.24) is 0 Å². The molecular formula is C22H28O14. The molecule has 0 bridgehead atoms. The van der Waals surface area contributed by atoms with Crippen molar-refractivity contribution in [2.45, 2.75) is 54.8 Å². The van der Waals surface area contributed by atoms with E-state index in [9.17, 15) is 50.8 Å². The van der Waals surface area contributed by atoms with Gasteiger partial charge >= 0.3 is 5.97 Å². The van der Waals surface area contributed by atoms with Crippen LogP contribution in [-0.2, 0) is 18.9 Å². The van der Waals surface area contributed by atoms with Gasteiger partial charge in [0.15, 0.2) is 17.8 Å². The predicted octanol–water partition coefficient (Wildman–Crippen LogP) is -3.36. The summed E-state index contributed by atoms with van der Waals surface area (Å²) in [6.07, 6.45) is -10.4. The van der Waals surface area contributed by atoms with Crippen LogP contribution in [0.1, 0.15) is 10.4 Å². The van der Waals surface area contributed by atoms with Gasteiger partial charge < -0.3 is 64.9 Å². The number of esters is 1. The molecule has 0 radical (unpaired) electrons. The maximum absolute atomic E-state index is 12.7. The van der Waals surface area contributed by atoms with Crippen LogP contribution in [0.4, 0.5) is 0 Å². The molecule has 2 heterocycles. The molecule has 0 aromatic heterocycles. The van der Waals surface area contributed by atoms with Crippen molar-refractivity contribution in [1.29, 1.82) is 0 Å². The monoisotopic (exact) mass is 516 g/mol. The normalized spacial score (nSPS) is 42.0. The molecule has 3 aliphatic rings. The number of phenols is 2. The van der Waals surface area contributed by atoms with Crippen molar-refractivity contribution in [3.63, 3.8) is 0 Å². The van der Waals surface area contributed by atoms with Crippen LogP contribution in [0.5, 0.6) is 11.5 Å². The molecule has 4 rings (SSSR count). The summed E-state index contributed by atoms with van der Waals surface area (Å²) in [5.41, 5.74) is -2.50. The highest BCUT2D eigenvalue weighted by atomic mass is 16.8. The fourth-order valence-electron chi connectivity index (χ4n) is 4.79. The third-order valence-corrected chi connectivity index (χ3v) is 6.83. The second-order valence-corrected chi connectivity index (χ2v) is 8.94. The second kappa shape index (κ2) is 10.1. The number of rotatable bonds is 6. The number of hydrogen-bond acceptors (Lipinski definition) is 14. The highest BCUT2D eigenvalue weighted by Gasteiger charge is 2.65. The Morgan fingerprint density at radius 2 is 1.72 bits per heavy atom. The zero-order chi connectivity index (χ0) is 26.4. The van der Waals surface area contributed by atoms with Crippen molar-refractivity contribution in [3.05, 3.63) is 36.1 Å². The van der Waals surface area contributed by atoms with Crippen LogP contribution in [0.15, 0.2) is 30.5 Å². The van der Waals surface area contributed by atoms with Crippen molar-refractivity contribution in [2.75, 3.05) is 13.2 Å². The van der Waals surface area contributed by atoms with E-state index in [4.69, 9.17) is 18.9 Å². The van der Waals surface area contributed by atoms with Crippen molar-refractivity contribution < 1.29 is 69.7 Å². The molecule has 14 heteroatoms. The summed E-state index contributed by atoms with van der Waals surface area (Å²) in [4.78, 5) is 12.7. The van der Waals surface area contributed by atoms with Gasteiger partial charge in [0.25, 0.3) is 0 Å². The third kappa shape index (κ3) is 4.40. The van der Waals surface area contributed by atoms with Crippen molar-refractivity contribution >= 4 is 5.97 Å². The molecule has 11 atom stereocenters. The largest absolute Gasteiger partial charge is 0.504 e. The van der Waals surface area contributed by atoms with Gasteiger partial charge in [0.1, 0.15) is 42.2 Å². The van der Waals surface area contributed by atoms with Crippen LogP contribution in [0.3, 0.4) is 0 Å². The first-order chi connectivity index (χ1) is 17.0. The summed E-state index contributed by atoms with van der Waals surface area (Å²) >= 11 is 0. The number of benzene rings is 1. The highest BCUT2D eigenvalue weighted by molar-refractivity contribution is 5.90. The molecule has 0 amide bonds. The van der Waals surface area contributed by atoms with E-state index in [1.165, 1.54) is 12.1 Å². The molecule has 9 N–H and O–H groups in total. The van der Waals surface area contributed by atoms with E-state index in [0.717, 1.165) is 18.4 Å². The molecule has 1 aromatic carbocycles. The summed E-state index contributed by atoms with van der Waals surface area (Å²) in [5.74, 6) is -4.35. The topological polar surface area (TPSA) is 236 Å². The number of carbonyl (C=O) groups excluding carboxylic acids is 1. The molecule has 1 aliphatic carbocycles. The lowest BCUT2D eigenvalue weighted by Crippen LogP contribution is -2.61. The van der Waals surface area contributed by atoms with Crippen molar-refractivity contribution in [2.24, 2.45) is 11.8 Å². The highest BCUT2D eigenvalue weighted by Crippen LogP contribution is 2.48. The van der Waals surface area contributed by atoms with E-state index < -0.39 is 97.3 Å². The van der Waals surface area contributed by atoms with Crippen LogP contribution in [0, 0.1) is 11.8 Å². The number of carbonyl (C=O) groups is 1. The fourth-order valence-corrected chi connectivity index (χ4v) is 4.79. The number of phenolic OH excluding ortho intramolecular Hbond substituents is 2. The summed E-state index contributed by atoms with van der Waals surface area (Å²) in [6.45, 7) is -1.73. The SMILES string of the molecule is O=C(OC1C2C=COC(OC3OC(CO)C(O)C(O)C3O)C2C(O)(CO)C1O)c1ccc(O)c(O)c1. The van der Waals surface area contributed by atoms with Gasteiger partial charge in [-0.25, -0.2) is 4.79 Å². The van der Waals surface area contributed by atoms with Crippen LogP contribution in [0.2, 0.25) is 0 Å². The first-order valence-electron chi connectivity index (χ1n) is 11.1. The van der Waals surface area contributed by atoms with Crippen LogP contribution < -0.4 is 0 Å². The lowest BCUT2D eigenvalue weighted by molar-refractivity contribution is -0.348. The standard InChI is InChI=1S/C22H28O14/c23-6-12-14(27)15(28)16(29)21(34-12)36-20-13-9(3-4-33-20)17(18(30)22(13,32)7-24)35-19(31)8-1-2-10(25)11(26)5-8/h1-5,9,12-18,20-21,23-30,32H,6-7H2. The smallest absolute Gasteiger partial charge is 0.338 e. The molecule has 200 valence electrons. The number of ether oxygens (including phenoxy) is 4. The van der Waals surface area contributed by atoms with Gasteiger partial charge in [0.05, 0.1) is 31.0 Å². The first-order valence-corrected chi connectivity index (χ1v) is 11.1. The minimum Gasteiger partial charge on any atom is -0.504 e. The van der Waals surface area contributed by atoms with E-state index in [1.54, 1.807) is 0 Å². The summed E-state index contributed by atoms with van der Waals surface area (Å²) in [6, 6.07) is 3.17. The molecule has 2 aliphatic heterocycles. The number of aliphatic hydroxyl groups is 7. The van der Waals surface area contributed by atoms with Gasteiger partial charge in [-0.3, -0.25) is 0 Å². The van der Waals surface area contributed by atoms with Crippen molar-refractivity contribution in [3.8, 4) is 11.5 Å². The van der Waals surface area contributed by atoms with Gasteiger partial charge in [-0.2, -0.15) is 0 Å². The molecular weight excluding hydrogens is 488 g/mol.